The summed E-state index contributed by atoms with van der Waals surface area (Å²) in [5.74, 6) is -0.476. The van der Waals surface area contributed by atoms with Crippen molar-refractivity contribution in [3.8, 4) is 0 Å². The third kappa shape index (κ3) is 2.08. The van der Waals surface area contributed by atoms with Gasteiger partial charge in [-0.3, -0.25) is 14.3 Å². The van der Waals surface area contributed by atoms with Crippen LogP contribution >= 0.6 is 0 Å². The molecule has 64 valence electrons. The highest BCUT2D eigenvalue weighted by molar-refractivity contribution is 5.74. The molecule has 0 bridgehead atoms. The molecule has 3 N–H and O–H groups in total. The number of rotatable bonds is 4. The Morgan fingerprint density at radius 3 is 3.17 bits per heavy atom. The van der Waals surface area contributed by atoms with Crippen LogP contribution in [0.2, 0.25) is 0 Å². The van der Waals surface area contributed by atoms with Gasteiger partial charge in [-0.15, -0.1) is 0 Å². The maximum Gasteiger partial charge on any atom is 0.239 e. The van der Waals surface area contributed by atoms with E-state index in [1.165, 1.54) is 17.1 Å². The van der Waals surface area contributed by atoms with Crippen molar-refractivity contribution in [1.82, 2.24) is 9.78 Å². The second-order valence-corrected chi connectivity index (χ2v) is 2.16. The molecular formula is C6H8N4O2. The predicted molar refractivity (Wildman–Crippen MR) is 41.1 cm³/mol. The van der Waals surface area contributed by atoms with Crippen LogP contribution in [0.5, 0.6) is 0 Å². The first-order chi connectivity index (χ1) is 5.72. The largest absolute Gasteiger partial charge is 0.368 e. The maximum atomic E-state index is 10.4. The van der Waals surface area contributed by atoms with Crippen molar-refractivity contribution in [2.45, 2.75) is 6.54 Å². The maximum absolute atomic E-state index is 10.4. The van der Waals surface area contributed by atoms with E-state index in [4.69, 9.17) is 5.73 Å². The molecule has 1 aromatic rings. The van der Waals surface area contributed by atoms with Gasteiger partial charge in [-0.25, -0.2) is 0 Å². The molecule has 1 aromatic heterocycles. The minimum absolute atomic E-state index is 0.0144. The van der Waals surface area contributed by atoms with Crippen molar-refractivity contribution < 1.29 is 9.59 Å². The van der Waals surface area contributed by atoms with Crippen LogP contribution in [-0.2, 0) is 16.1 Å². The van der Waals surface area contributed by atoms with Gasteiger partial charge >= 0.3 is 0 Å². The molecule has 1 heterocycles. The van der Waals surface area contributed by atoms with Gasteiger partial charge in [0.1, 0.15) is 6.54 Å². The van der Waals surface area contributed by atoms with Crippen molar-refractivity contribution in [3.05, 3.63) is 12.4 Å². The van der Waals surface area contributed by atoms with E-state index in [0.29, 0.717) is 12.1 Å². The van der Waals surface area contributed by atoms with Crippen LogP contribution in [0, 0.1) is 0 Å². The van der Waals surface area contributed by atoms with Crippen LogP contribution in [0.15, 0.2) is 12.4 Å². The molecule has 0 saturated heterocycles. The molecule has 12 heavy (non-hydrogen) atoms. The number of nitrogens with two attached hydrogens (primary N) is 1. The van der Waals surface area contributed by atoms with Gasteiger partial charge in [-0.2, -0.15) is 5.10 Å². The van der Waals surface area contributed by atoms with Gasteiger partial charge in [0.2, 0.25) is 12.3 Å². The van der Waals surface area contributed by atoms with E-state index in [2.05, 4.69) is 10.4 Å². The van der Waals surface area contributed by atoms with E-state index in [-0.39, 0.29) is 6.54 Å². The Morgan fingerprint density at radius 1 is 1.83 bits per heavy atom. The highest BCUT2D eigenvalue weighted by Gasteiger charge is 1.99. The van der Waals surface area contributed by atoms with Crippen LogP contribution in [0.25, 0.3) is 0 Å². The van der Waals surface area contributed by atoms with Gasteiger partial charge in [0, 0.05) is 6.20 Å². The van der Waals surface area contributed by atoms with Crippen LogP contribution in [0.1, 0.15) is 0 Å². The Labute approximate surface area is 68.3 Å². The quantitative estimate of drug-likeness (QED) is 0.561. The highest BCUT2D eigenvalue weighted by atomic mass is 16.1. The number of nitrogens with one attached hydrogen (secondary N) is 1. The standard InChI is InChI=1S/C6H8N4O2/c7-6(12)3-10-2-5(1-9-10)8-4-11/h1-2,4H,3H2,(H2,7,12)(H,8,11). The molecule has 2 amide bonds. The molecule has 0 unspecified atom stereocenters. The van der Waals surface area contributed by atoms with E-state index >= 15 is 0 Å². The van der Waals surface area contributed by atoms with Gasteiger partial charge in [-0.05, 0) is 0 Å². The normalized spacial score (nSPS) is 9.33. The molecule has 0 aliphatic carbocycles. The van der Waals surface area contributed by atoms with E-state index in [0.717, 1.165) is 0 Å². The molecule has 0 saturated carbocycles. The number of hydrogen-bond donors (Lipinski definition) is 2. The average Bonchev–Trinajstić information content (AvgIpc) is 2.36. The first kappa shape index (κ1) is 8.25. The van der Waals surface area contributed by atoms with Crippen molar-refractivity contribution in [2.24, 2.45) is 5.73 Å². The SMILES string of the molecule is NC(=O)Cn1cc(NC=O)cn1. The summed E-state index contributed by atoms with van der Waals surface area (Å²) in [7, 11) is 0. The molecular weight excluding hydrogens is 160 g/mol. The molecule has 1 rings (SSSR count). The third-order valence-electron chi connectivity index (χ3n) is 1.18. The fourth-order valence-corrected chi connectivity index (χ4v) is 0.752. The Bertz CT molecular complexity index is 293. The zero-order valence-corrected chi connectivity index (χ0v) is 6.23. The summed E-state index contributed by atoms with van der Waals surface area (Å²) < 4.78 is 1.34. The first-order valence-electron chi connectivity index (χ1n) is 3.23. The monoisotopic (exact) mass is 168 g/mol. The minimum atomic E-state index is -0.476. The lowest BCUT2D eigenvalue weighted by molar-refractivity contribution is -0.118. The third-order valence-corrected chi connectivity index (χ3v) is 1.18. The number of carbonyl (C=O) groups is 2. The van der Waals surface area contributed by atoms with Crippen LogP contribution in [-0.4, -0.2) is 22.1 Å². The van der Waals surface area contributed by atoms with E-state index < -0.39 is 5.91 Å². The van der Waals surface area contributed by atoms with Gasteiger partial charge in [0.05, 0.1) is 11.9 Å². The molecule has 0 aliphatic rings. The number of aromatic nitrogens is 2. The van der Waals surface area contributed by atoms with Gasteiger partial charge < -0.3 is 11.1 Å². The van der Waals surface area contributed by atoms with Crippen molar-refractivity contribution in [2.75, 3.05) is 5.32 Å². The number of hydrogen-bond acceptors (Lipinski definition) is 3. The summed E-state index contributed by atoms with van der Waals surface area (Å²) in [6, 6.07) is 0. The predicted octanol–water partition coefficient (Wildman–Crippen LogP) is -1.06. The molecule has 6 nitrogen and oxygen atoms in total. The van der Waals surface area contributed by atoms with E-state index in [1.54, 1.807) is 0 Å². The molecule has 0 fully saturated rings. The van der Waals surface area contributed by atoms with Gasteiger partial charge in [0.25, 0.3) is 0 Å². The zero-order valence-electron chi connectivity index (χ0n) is 6.23. The molecule has 0 atom stereocenters. The van der Waals surface area contributed by atoms with Crippen molar-refractivity contribution in [1.29, 1.82) is 0 Å². The first-order valence-corrected chi connectivity index (χ1v) is 3.23. The number of carbonyl (C=O) groups excluding carboxylic acids is 2. The molecule has 0 aromatic carbocycles. The highest BCUT2D eigenvalue weighted by Crippen LogP contribution is 2.01. The summed E-state index contributed by atoms with van der Waals surface area (Å²) in [5.41, 5.74) is 5.45. The summed E-state index contributed by atoms with van der Waals surface area (Å²) in [5, 5.41) is 6.15. The second kappa shape index (κ2) is 3.51. The van der Waals surface area contributed by atoms with Gasteiger partial charge in [-0.1, -0.05) is 0 Å². The topological polar surface area (TPSA) is 90.0 Å². The second-order valence-electron chi connectivity index (χ2n) is 2.16. The van der Waals surface area contributed by atoms with Crippen LogP contribution < -0.4 is 11.1 Å². The molecule has 0 spiro atoms. The fraction of sp³-hybridized carbons (Fsp3) is 0.167. The number of amides is 2. The zero-order chi connectivity index (χ0) is 8.97. The van der Waals surface area contributed by atoms with Crippen molar-refractivity contribution >= 4 is 18.0 Å². The smallest absolute Gasteiger partial charge is 0.239 e. The van der Waals surface area contributed by atoms with Crippen LogP contribution in [0.4, 0.5) is 5.69 Å². The molecule has 0 radical (unpaired) electrons. The van der Waals surface area contributed by atoms with Crippen LogP contribution in [0.3, 0.4) is 0 Å². The Morgan fingerprint density at radius 2 is 2.58 bits per heavy atom. The van der Waals surface area contributed by atoms with E-state index in [9.17, 15) is 9.59 Å². The Kier molecular flexibility index (Phi) is 2.42. The number of nitrogens with zero attached hydrogens (tertiary/aromatic N) is 2. The van der Waals surface area contributed by atoms with Crippen molar-refractivity contribution in [3.63, 3.8) is 0 Å². The Hall–Kier alpha value is -1.85. The Balaban J connectivity index is 2.63. The molecule has 0 aliphatic heterocycles. The summed E-state index contributed by atoms with van der Waals surface area (Å²) >= 11 is 0. The average molecular weight is 168 g/mol. The summed E-state index contributed by atoms with van der Waals surface area (Å²) in [6.07, 6.45) is 3.47. The number of anilines is 1. The van der Waals surface area contributed by atoms with Gasteiger partial charge in [0.15, 0.2) is 0 Å². The lowest BCUT2D eigenvalue weighted by Crippen LogP contribution is -2.18. The number of primary amides is 1. The fourth-order valence-electron chi connectivity index (χ4n) is 0.752. The molecule has 6 heteroatoms. The lowest BCUT2D eigenvalue weighted by Gasteiger charge is -1.93. The minimum Gasteiger partial charge on any atom is -0.368 e. The summed E-state index contributed by atoms with van der Waals surface area (Å²) in [4.78, 5) is 20.4. The summed E-state index contributed by atoms with van der Waals surface area (Å²) in [6.45, 7) is 0.0144. The van der Waals surface area contributed by atoms with E-state index in [1.807, 2.05) is 0 Å². The lowest BCUT2D eigenvalue weighted by atomic mass is 10.5.